The zero-order valence-electron chi connectivity index (χ0n) is 9.35. The van der Waals surface area contributed by atoms with Gasteiger partial charge in [0, 0.05) is 15.5 Å². The maximum Gasteiger partial charge on any atom is 0.131 e. The van der Waals surface area contributed by atoms with Crippen LogP contribution in [-0.2, 0) is 6.42 Å². The lowest BCUT2D eigenvalue weighted by Gasteiger charge is -2.08. The van der Waals surface area contributed by atoms with Gasteiger partial charge in [-0.2, -0.15) is 0 Å². The third-order valence-corrected chi connectivity index (χ3v) is 3.57. The number of benzene rings is 1. The van der Waals surface area contributed by atoms with Crippen molar-refractivity contribution in [2.24, 2.45) is 0 Å². The van der Waals surface area contributed by atoms with Crippen molar-refractivity contribution in [2.75, 3.05) is 5.73 Å². The van der Waals surface area contributed by atoms with Crippen molar-refractivity contribution in [2.45, 2.75) is 23.3 Å². The highest BCUT2D eigenvalue weighted by molar-refractivity contribution is 7.99. The number of nitrogens with two attached hydrogens (primary N) is 1. The summed E-state index contributed by atoms with van der Waals surface area (Å²) in [5.41, 5.74) is 6.81. The van der Waals surface area contributed by atoms with Crippen LogP contribution in [0.4, 0.5) is 5.82 Å². The Bertz CT molecular complexity index is 531. The summed E-state index contributed by atoms with van der Waals surface area (Å²) in [5, 5.41) is 1.61. The van der Waals surface area contributed by atoms with E-state index >= 15 is 0 Å². The van der Waals surface area contributed by atoms with Crippen molar-refractivity contribution >= 4 is 29.2 Å². The SMILES string of the molecule is CCc1c(N)ncnc1Sc1cccc(Cl)c1. The molecule has 88 valence electrons. The number of aromatic nitrogens is 2. The van der Waals surface area contributed by atoms with E-state index in [0.717, 1.165) is 26.9 Å². The molecule has 0 atom stereocenters. The first kappa shape index (κ1) is 12.2. The van der Waals surface area contributed by atoms with Crippen molar-refractivity contribution < 1.29 is 0 Å². The minimum atomic E-state index is 0.548. The Balaban J connectivity index is 2.33. The molecule has 1 heterocycles. The Hall–Kier alpha value is -1.26. The first-order valence-electron chi connectivity index (χ1n) is 5.23. The molecular formula is C12H12ClN3S. The number of hydrogen-bond donors (Lipinski definition) is 1. The normalized spacial score (nSPS) is 10.5. The summed E-state index contributed by atoms with van der Waals surface area (Å²) in [6.07, 6.45) is 2.30. The second-order valence-electron chi connectivity index (χ2n) is 3.46. The first-order chi connectivity index (χ1) is 8.20. The molecule has 0 amide bonds. The number of nitrogens with zero attached hydrogens (tertiary/aromatic N) is 2. The van der Waals surface area contributed by atoms with Gasteiger partial charge in [-0.15, -0.1) is 0 Å². The van der Waals surface area contributed by atoms with E-state index in [9.17, 15) is 0 Å². The third-order valence-electron chi connectivity index (χ3n) is 2.30. The predicted molar refractivity (Wildman–Crippen MR) is 71.4 cm³/mol. The lowest BCUT2D eigenvalue weighted by atomic mass is 10.2. The molecule has 0 aliphatic rings. The van der Waals surface area contributed by atoms with Gasteiger partial charge in [0.05, 0.1) is 0 Å². The maximum atomic E-state index is 5.95. The maximum absolute atomic E-state index is 5.95. The van der Waals surface area contributed by atoms with Crippen LogP contribution in [0.25, 0.3) is 0 Å². The van der Waals surface area contributed by atoms with Crippen molar-refractivity contribution in [3.8, 4) is 0 Å². The average Bonchev–Trinajstić information content (AvgIpc) is 2.29. The fraction of sp³-hybridized carbons (Fsp3) is 0.167. The molecule has 1 aromatic carbocycles. The van der Waals surface area contributed by atoms with Crippen LogP contribution in [0.2, 0.25) is 5.02 Å². The Morgan fingerprint density at radius 2 is 2.18 bits per heavy atom. The molecule has 0 bridgehead atoms. The van der Waals surface area contributed by atoms with Gasteiger partial charge in [0.1, 0.15) is 17.2 Å². The van der Waals surface area contributed by atoms with Crippen LogP contribution in [0.5, 0.6) is 0 Å². The van der Waals surface area contributed by atoms with Gasteiger partial charge in [-0.1, -0.05) is 36.4 Å². The van der Waals surface area contributed by atoms with Crippen LogP contribution in [0.3, 0.4) is 0 Å². The van der Waals surface area contributed by atoms with E-state index in [0.29, 0.717) is 5.82 Å². The summed E-state index contributed by atoms with van der Waals surface area (Å²) in [6.45, 7) is 2.04. The molecule has 17 heavy (non-hydrogen) atoms. The molecule has 0 saturated heterocycles. The van der Waals surface area contributed by atoms with E-state index in [4.69, 9.17) is 17.3 Å². The van der Waals surface area contributed by atoms with Crippen LogP contribution in [0.1, 0.15) is 12.5 Å². The fourth-order valence-electron chi connectivity index (χ4n) is 1.47. The highest BCUT2D eigenvalue weighted by Gasteiger charge is 2.08. The molecule has 0 spiro atoms. The minimum absolute atomic E-state index is 0.548. The molecule has 1 aromatic heterocycles. The van der Waals surface area contributed by atoms with Gasteiger partial charge in [0.25, 0.3) is 0 Å². The lowest BCUT2D eigenvalue weighted by molar-refractivity contribution is 0.953. The van der Waals surface area contributed by atoms with Crippen LogP contribution in [0.15, 0.2) is 40.5 Å². The molecule has 2 rings (SSSR count). The summed E-state index contributed by atoms with van der Waals surface area (Å²) in [5.74, 6) is 0.548. The smallest absolute Gasteiger partial charge is 0.131 e. The van der Waals surface area contributed by atoms with E-state index < -0.39 is 0 Å². The third kappa shape index (κ3) is 2.90. The molecule has 0 radical (unpaired) electrons. The largest absolute Gasteiger partial charge is 0.383 e. The second kappa shape index (κ2) is 5.38. The summed E-state index contributed by atoms with van der Waals surface area (Å²) in [4.78, 5) is 9.31. The standard InChI is InChI=1S/C12H12ClN3S/c1-2-10-11(14)15-7-16-12(10)17-9-5-3-4-8(13)6-9/h3-7H,2H2,1H3,(H2,14,15,16). The Kier molecular flexibility index (Phi) is 3.86. The Labute approximate surface area is 109 Å². The highest BCUT2D eigenvalue weighted by Crippen LogP contribution is 2.31. The second-order valence-corrected chi connectivity index (χ2v) is 4.95. The van der Waals surface area contributed by atoms with E-state index in [1.165, 1.54) is 6.33 Å². The van der Waals surface area contributed by atoms with E-state index in [1.54, 1.807) is 11.8 Å². The van der Waals surface area contributed by atoms with Gasteiger partial charge in [-0.05, 0) is 24.6 Å². The molecule has 2 N–H and O–H groups in total. The fourth-order valence-corrected chi connectivity index (χ4v) is 2.75. The predicted octanol–water partition coefficient (Wildman–Crippen LogP) is 3.43. The van der Waals surface area contributed by atoms with Gasteiger partial charge in [0.2, 0.25) is 0 Å². The van der Waals surface area contributed by atoms with Crippen LogP contribution in [0, 0.1) is 0 Å². The molecule has 0 fully saturated rings. The van der Waals surface area contributed by atoms with Gasteiger partial charge in [-0.3, -0.25) is 0 Å². The summed E-state index contributed by atoms with van der Waals surface area (Å²) >= 11 is 7.50. The molecule has 0 saturated carbocycles. The van der Waals surface area contributed by atoms with E-state index in [-0.39, 0.29) is 0 Å². The zero-order chi connectivity index (χ0) is 12.3. The quantitative estimate of drug-likeness (QED) is 0.864. The van der Waals surface area contributed by atoms with Crippen LogP contribution >= 0.6 is 23.4 Å². The molecule has 2 aromatic rings. The van der Waals surface area contributed by atoms with Gasteiger partial charge >= 0.3 is 0 Å². The lowest BCUT2D eigenvalue weighted by Crippen LogP contribution is -2.00. The molecule has 0 aliphatic heterocycles. The Morgan fingerprint density at radius 1 is 1.35 bits per heavy atom. The minimum Gasteiger partial charge on any atom is -0.383 e. The van der Waals surface area contributed by atoms with Crippen molar-refractivity contribution in [1.29, 1.82) is 0 Å². The zero-order valence-corrected chi connectivity index (χ0v) is 10.9. The van der Waals surface area contributed by atoms with Crippen molar-refractivity contribution in [3.63, 3.8) is 0 Å². The number of halogens is 1. The number of rotatable bonds is 3. The molecule has 3 nitrogen and oxygen atoms in total. The topological polar surface area (TPSA) is 51.8 Å². The molecular weight excluding hydrogens is 254 g/mol. The van der Waals surface area contributed by atoms with E-state index in [2.05, 4.69) is 9.97 Å². The van der Waals surface area contributed by atoms with Gasteiger partial charge < -0.3 is 5.73 Å². The van der Waals surface area contributed by atoms with Crippen LogP contribution < -0.4 is 5.73 Å². The van der Waals surface area contributed by atoms with Gasteiger partial charge in [-0.25, -0.2) is 9.97 Å². The van der Waals surface area contributed by atoms with Crippen molar-refractivity contribution in [1.82, 2.24) is 9.97 Å². The monoisotopic (exact) mass is 265 g/mol. The highest BCUT2D eigenvalue weighted by atomic mass is 35.5. The number of hydrogen-bond acceptors (Lipinski definition) is 4. The summed E-state index contributed by atoms with van der Waals surface area (Å²) in [6, 6.07) is 7.67. The summed E-state index contributed by atoms with van der Waals surface area (Å²) < 4.78 is 0. The summed E-state index contributed by atoms with van der Waals surface area (Å²) in [7, 11) is 0. The first-order valence-corrected chi connectivity index (χ1v) is 6.43. The molecule has 0 unspecified atom stereocenters. The van der Waals surface area contributed by atoms with Crippen molar-refractivity contribution in [3.05, 3.63) is 41.2 Å². The number of anilines is 1. The van der Waals surface area contributed by atoms with E-state index in [1.807, 2.05) is 31.2 Å². The number of nitrogen functional groups attached to an aromatic ring is 1. The molecule has 0 aliphatic carbocycles. The molecule has 5 heteroatoms. The average molecular weight is 266 g/mol. The van der Waals surface area contributed by atoms with Gasteiger partial charge in [0.15, 0.2) is 0 Å². The van der Waals surface area contributed by atoms with Crippen LogP contribution in [-0.4, -0.2) is 9.97 Å². The Morgan fingerprint density at radius 3 is 2.88 bits per heavy atom.